The lowest BCUT2D eigenvalue weighted by Crippen LogP contribution is -2.29. The molecule has 0 aliphatic carbocycles. The summed E-state index contributed by atoms with van der Waals surface area (Å²) in [4.78, 5) is 33.1. The SMILES string of the molecule is CCOCCCNc1nc2c(C)cccn2c(=O)c1C=C1SC(=S)N(CCCOCC)C1=O. The number of thioether (sulfide) groups is 1. The first kappa shape index (κ1) is 25.4. The second-order valence-electron chi connectivity index (χ2n) is 7.43. The topological polar surface area (TPSA) is 85.2 Å². The van der Waals surface area contributed by atoms with E-state index in [-0.39, 0.29) is 11.5 Å². The summed E-state index contributed by atoms with van der Waals surface area (Å²) in [5, 5.41) is 3.26. The summed E-state index contributed by atoms with van der Waals surface area (Å²) in [6.07, 6.45) is 4.76. The number of carbonyl (C=O) groups is 1. The van der Waals surface area contributed by atoms with Gasteiger partial charge >= 0.3 is 0 Å². The molecule has 1 aliphatic rings. The van der Waals surface area contributed by atoms with E-state index in [4.69, 9.17) is 26.7 Å². The average molecular weight is 491 g/mol. The van der Waals surface area contributed by atoms with Gasteiger partial charge in [-0.1, -0.05) is 30.0 Å². The van der Waals surface area contributed by atoms with E-state index < -0.39 is 0 Å². The van der Waals surface area contributed by atoms with Crippen molar-refractivity contribution in [3.63, 3.8) is 0 Å². The number of rotatable bonds is 12. The molecule has 178 valence electrons. The lowest BCUT2D eigenvalue weighted by Gasteiger charge is -2.14. The van der Waals surface area contributed by atoms with Crippen molar-refractivity contribution in [2.75, 3.05) is 44.8 Å². The predicted octanol–water partition coefficient (Wildman–Crippen LogP) is 3.47. The molecule has 0 saturated carbocycles. The first-order valence-corrected chi connectivity index (χ1v) is 12.4. The minimum Gasteiger partial charge on any atom is -0.382 e. The van der Waals surface area contributed by atoms with Gasteiger partial charge in [0, 0.05) is 45.7 Å². The van der Waals surface area contributed by atoms with Crippen molar-refractivity contribution in [2.24, 2.45) is 0 Å². The third kappa shape index (κ3) is 6.20. The number of hydrogen-bond donors (Lipinski definition) is 1. The fraction of sp³-hybridized carbons (Fsp3) is 0.478. The highest BCUT2D eigenvalue weighted by atomic mass is 32.2. The summed E-state index contributed by atoms with van der Waals surface area (Å²) >= 11 is 6.62. The number of pyridine rings is 1. The van der Waals surface area contributed by atoms with Crippen LogP contribution in [-0.2, 0) is 14.3 Å². The van der Waals surface area contributed by atoms with Crippen LogP contribution in [0.15, 0.2) is 28.0 Å². The van der Waals surface area contributed by atoms with Gasteiger partial charge < -0.3 is 14.8 Å². The molecule has 3 heterocycles. The van der Waals surface area contributed by atoms with Crippen LogP contribution in [0.3, 0.4) is 0 Å². The number of hydrogen-bond acceptors (Lipinski definition) is 8. The number of anilines is 1. The summed E-state index contributed by atoms with van der Waals surface area (Å²) in [7, 11) is 0. The lowest BCUT2D eigenvalue weighted by molar-refractivity contribution is -0.122. The number of ether oxygens (including phenoxy) is 2. The molecule has 33 heavy (non-hydrogen) atoms. The average Bonchev–Trinajstić information content (AvgIpc) is 3.06. The fourth-order valence-electron chi connectivity index (χ4n) is 3.39. The number of nitrogens with one attached hydrogen (secondary N) is 1. The molecule has 0 atom stereocenters. The Bertz CT molecular complexity index is 1100. The Morgan fingerprint density at radius 1 is 1.18 bits per heavy atom. The van der Waals surface area contributed by atoms with Gasteiger partial charge in [-0.25, -0.2) is 4.98 Å². The zero-order valence-corrected chi connectivity index (χ0v) is 20.9. The zero-order valence-electron chi connectivity index (χ0n) is 19.3. The van der Waals surface area contributed by atoms with Crippen molar-refractivity contribution < 1.29 is 14.3 Å². The van der Waals surface area contributed by atoms with Crippen LogP contribution in [0.5, 0.6) is 0 Å². The van der Waals surface area contributed by atoms with E-state index >= 15 is 0 Å². The molecule has 0 unspecified atom stereocenters. The molecule has 0 aromatic carbocycles. The maximum absolute atomic E-state index is 13.4. The smallest absolute Gasteiger partial charge is 0.267 e. The monoisotopic (exact) mass is 490 g/mol. The lowest BCUT2D eigenvalue weighted by atomic mass is 10.2. The molecule has 10 heteroatoms. The molecule has 8 nitrogen and oxygen atoms in total. The molecule has 2 aromatic heterocycles. The van der Waals surface area contributed by atoms with Gasteiger partial charge in [0.25, 0.3) is 11.5 Å². The Morgan fingerprint density at radius 2 is 1.91 bits per heavy atom. The van der Waals surface area contributed by atoms with Gasteiger partial charge in [-0.05, 0) is 51.3 Å². The number of carbonyl (C=O) groups excluding carboxylic acids is 1. The molecule has 1 aliphatic heterocycles. The van der Waals surface area contributed by atoms with Crippen molar-refractivity contribution in [1.82, 2.24) is 14.3 Å². The molecule has 1 amide bonds. The van der Waals surface area contributed by atoms with Crippen LogP contribution in [-0.4, -0.2) is 64.0 Å². The molecule has 1 fully saturated rings. The summed E-state index contributed by atoms with van der Waals surface area (Å²) in [6.45, 7) is 9.35. The Morgan fingerprint density at radius 3 is 2.64 bits per heavy atom. The summed E-state index contributed by atoms with van der Waals surface area (Å²) < 4.78 is 12.7. The fourth-order valence-corrected chi connectivity index (χ4v) is 4.69. The highest BCUT2D eigenvalue weighted by molar-refractivity contribution is 8.26. The van der Waals surface area contributed by atoms with Crippen molar-refractivity contribution in [3.8, 4) is 0 Å². The maximum atomic E-state index is 13.4. The number of aromatic nitrogens is 2. The van der Waals surface area contributed by atoms with Gasteiger partial charge in [0.2, 0.25) is 0 Å². The van der Waals surface area contributed by atoms with Gasteiger partial charge in [0.05, 0.1) is 10.5 Å². The van der Waals surface area contributed by atoms with Gasteiger partial charge in [0.1, 0.15) is 15.8 Å². The second-order valence-corrected chi connectivity index (χ2v) is 9.10. The van der Waals surface area contributed by atoms with Gasteiger partial charge in [-0.2, -0.15) is 0 Å². The first-order chi connectivity index (χ1) is 16.0. The van der Waals surface area contributed by atoms with Gasteiger partial charge in [-0.15, -0.1) is 0 Å². The van der Waals surface area contributed by atoms with E-state index in [2.05, 4.69) is 5.32 Å². The van der Waals surface area contributed by atoms with E-state index in [0.717, 1.165) is 12.0 Å². The highest BCUT2D eigenvalue weighted by Gasteiger charge is 2.32. The molecular weight excluding hydrogens is 460 g/mol. The minimum atomic E-state index is -0.238. The van der Waals surface area contributed by atoms with Crippen molar-refractivity contribution in [1.29, 1.82) is 0 Å². The quantitative estimate of drug-likeness (QED) is 0.275. The van der Waals surface area contributed by atoms with Crippen LogP contribution in [0, 0.1) is 6.92 Å². The molecule has 0 radical (unpaired) electrons. The molecule has 0 bridgehead atoms. The van der Waals surface area contributed by atoms with Crippen LogP contribution in [0.2, 0.25) is 0 Å². The Balaban J connectivity index is 1.92. The Hall–Kier alpha value is -2.27. The number of nitrogens with zero attached hydrogens (tertiary/aromatic N) is 3. The maximum Gasteiger partial charge on any atom is 0.267 e. The van der Waals surface area contributed by atoms with Crippen molar-refractivity contribution in [2.45, 2.75) is 33.6 Å². The largest absolute Gasteiger partial charge is 0.382 e. The summed E-state index contributed by atoms with van der Waals surface area (Å²) in [5.41, 5.74) is 1.57. The van der Waals surface area contributed by atoms with E-state index in [1.165, 1.54) is 16.2 Å². The number of amides is 1. The Labute approximate surface area is 203 Å². The molecule has 0 spiro atoms. The van der Waals surface area contributed by atoms with E-state index in [0.29, 0.717) is 72.2 Å². The molecular formula is C23H30N4O4S2. The normalized spacial score (nSPS) is 15.2. The highest BCUT2D eigenvalue weighted by Crippen LogP contribution is 2.33. The van der Waals surface area contributed by atoms with Gasteiger partial charge in [-0.3, -0.25) is 18.9 Å². The van der Waals surface area contributed by atoms with Crippen LogP contribution in [0.1, 0.15) is 37.8 Å². The van der Waals surface area contributed by atoms with Gasteiger partial charge in [0.15, 0.2) is 0 Å². The molecule has 3 rings (SSSR count). The summed E-state index contributed by atoms with van der Waals surface area (Å²) in [5.74, 6) is 0.255. The van der Waals surface area contributed by atoms with Crippen molar-refractivity contribution >= 4 is 51.7 Å². The molecule has 2 aromatic rings. The number of thiocarbonyl (C=S) groups is 1. The van der Waals surface area contributed by atoms with E-state index in [1.807, 2.05) is 32.9 Å². The number of fused-ring (bicyclic) bond motifs is 1. The van der Waals surface area contributed by atoms with Crippen LogP contribution in [0.25, 0.3) is 11.7 Å². The van der Waals surface area contributed by atoms with Crippen LogP contribution >= 0.6 is 24.0 Å². The van der Waals surface area contributed by atoms with Crippen LogP contribution in [0.4, 0.5) is 5.82 Å². The second kappa shape index (κ2) is 12.3. The zero-order chi connectivity index (χ0) is 23.8. The minimum absolute atomic E-state index is 0.197. The number of aryl methyl sites for hydroxylation is 1. The summed E-state index contributed by atoms with van der Waals surface area (Å²) in [6, 6.07) is 3.72. The third-order valence-corrected chi connectivity index (χ3v) is 6.45. The van der Waals surface area contributed by atoms with E-state index in [9.17, 15) is 9.59 Å². The standard InChI is InChI=1S/C23H30N4O4S2/c1-4-30-13-7-10-24-19-17(21(28)26-11-6-9-16(3)20(26)25-19)15-18-22(29)27(23(32)33-18)12-8-14-31-5-2/h6,9,11,15,24H,4-5,7-8,10,12-14H2,1-3H3. The molecule has 1 N–H and O–H groups in total. The first-order valence-electron chi connectivity index (χ1n) is 11.1. The predicted molar refractivity (Wildman–Crippen MR) is 137 cm³/mol. The van der Waals surface area contributed by atoms with E-state index in [1.54, 1.807) is 17.2 Å². The van der Waals surface area contributed by atoms with Crippen LogP contribution < -0.4 is 10.9 Å². The Kier molecular flexibility index (Phi) is 9.42. The molecule has 1 saturated heterocycles. The van der Waals surface area contributed by atoms with Crippen molar-refractivity contribution in [3.05, 3.63) is 44.7 Å². The third-order valence-electron chi connectivity index (χ3n) is 5.07.